The molecule has 1 atom stereocenters. The van der Waals surface area contributed by atoms with E-state index in [9.17, 15) is 4.79 Å². The number of nitrogens with zero attached hydrogens (tertiary/aromatic N) is 2. The summed E-state index contributed by atoms with van der Waals surface area (Å²) in [4.78, 5) is 17.2. The number of carbonyl (C=O) groups is 1. The summed E-state index contributed by atoms with van der Waals surface area (Å²) in [6, 6.07) is 3.37. The Kier molecular flexibility index (Phi) is 4.87. The normalized spacial score (nSPS) is 20.4. The molecule has 1 aliphatic heterocycles. The highest BCUT2D eigenvalue weighted by molar-refractivity contribution is 5.87. The number of pyridine rings is 1. The molecule has 2 heterocycles. The van der Waals surface area contributed by atoms with Crippen molar-refractivity contribution < 1.29 is 9.90 Å². The van der Waals surface area contributed by atoms with E-state index in [1.54, 1.807) is 12.1 Å². The highest BCUT2D eigenvalue weighted by Crippen LogP contribution is 2.13. The summed E-state index contributed by atoms with van der Waals surface area (Å²) in [5.41, 5.74) is 1.12. The zero-order valence-electron chi connectivity index (χ0n) is 11.3. The molecule has 1 aliphatic rings. The van der Waals surface area contributed by atoms with Gasteiger partial charge in [0.2, 0.25) is 0 Å². The van der Waals surface area contributed by atoms with E-state index in [1.165, 1.54) is 25.6 Å². The first kappa shape index (κ1) is 14.0. The van der Waals surface area contributed by atoms with Crippen LogP contribution in [-0.4, -0.2) is 47.6 Å². The second-order valence-corrected chi connectivity index (χ2v) is 5.24. The molecule has 0 aliphatic carbocycles. The lowest BCUT2D eigenvalue weighted by Gasteiger charge is -2.29. The average Bonchev–Trinajstić information content (AvgIpc) is 2.39. The molecule has 1 unspecified atom stereocenters. The predicted octanol–water partition coefficient (Wildman–Crippen LogP) is 1.21. The molecule has 0 amide bonds. The third-order valence-corrected chi connectivity index (χ3v) is 3.53. The number of likely N-dealkylation sites (tertiary alicyclic amines) is 1. The van der Waals surface area contributed by atoms with Crippen LogP contribution >= 0.6 is 0 Å². The number of hydrogen-bond acceptors (Lipinski definition) is 4. The number of carboxylic acids is 1. The highest BCUT2D eigenvalue weighted by Gasteiger charge is 2.16. The molecular formula is C14H21N3O2. The fraction of sp³-hybridized carbons (Fsp3) is 0.571. The Labute approximate surface area is 113 Å². The van der Waals surface area contributed by atoms with Gasteiger partial charge in [-0.05, 0) is 51.0 Å². The second-order valence-electron chi connectivity index (χ2n) is 5.24. The van der Waals surface area contributed by atoms with Gasteiger partial charge >= 0.3 is 5.97 Å². The fourth-order valence-electron chi connectivity index (χ4n) is 2.50. The Morgan fingerprint density at radius 2 is 2.42 bits per heavy atom. The molecule has 5 heteroatoms. The van der Waals surface area contributed by atoms with Crippen molar-refractivity contribution in [3.05, 3.63) is 29.6 Å². The summed E-state index contributed by atoms with van der Waals surface area (Å²) >= 11 is 0. The van der Waals surface area contributed by atoms with Gasteiger partial charge < -0.3 is 15.3 Å². The molecule has 0 bridgehead atoms. The summed E-state index contributed by atoms with van der Waals surface area (Å²) in [7, 11) is 2.17. The van der Waals surface area contributed by atoms with E-state index in [0.29, 0.717) is 12.5 Å². The number of aromatic carboxylic acids is 1. The van der Waals surface area contributed by atoms with Crippen molar-refractivity contribution in [3.63, 3.8) is 0 Å². The maximum absolute atomic E-state index is 10.7. The molecule has 19 heavy (non-hydrogen) atoms. The SMILES string of the molecule is CN1CCCC(CNCc2ccc(C(=O)O)cn2)C1. The Balaban J connectivity index is 1.74. The summed E-state index contributed by atoms with van der Waals surface area (Å²) in [5, 5.41) is 12.2. The van der Waals surface area contributed by atoms with Crippen molar-refractivity contribution in [3.8, 4) is 0 Å². The molecule has 2 rings (SSSR count). The van der Waals surface area contributed by atoms with E-state index in [2.05, 4.69) is 22.2 Å². The molecule has 5 nitrogen and oxygen atoms in total. The topological polar surface area (TPSA) is 65.5 Å². The average molecular weight is 263 g/mol. The Morgan fingerprint density at radius 1 is 1.58 bits per heavy atom. The number of nitrogens with one attached hydrogen (secondary N) is 1. The van der Waals surface area contributed by atoms with Crippen molar-refractivity contribution in [1.29, 1.82) is 0 Å². The number of hydrogen-bond donors (Lipinski definition) is 2. The molecule has 0 aromatic carbocycles. The quantitative estimate of drug-likeness (QED) is 0.836. The predicted molar refractivity (Wildman–Crippen MR) is 73.1 cm³/mol. The summed E-state index contributed by atoms with van der Waals surface area (Å²) in [6.45, 7) is 4.04. The van der Waals surface area contributed by atoms with E-state index in [4.69, 9.17) is 5.11 Å². The van der Waals surface area contributed by atoms with Gasteiger partial charge in [0.05, 0.1) is 11.3 Å². The van der Waals surface area contributed by atoms with Crippen LogP contribution in [0.3, 0.4) is 0 Å². The van der Waals surface area contributed by atoms with Gasteiger partial charge in [0.25, 0.3) is 0 Å². The lowest BCUT2D eigenvalue weighted by Crippen LogP contribution is -2.37. The maximum atomic E-state index is 10.7. The molecule has 1 fully saturated rings. The molecule has 2 N–H and O–H groups in total. The first-order chi connectivity index (χ1) is 9.15. The first-order valence-corrected chi connectivity index (χ1v) is 6.72. The van der Waals surface area contributed by atoms with Gasteiger partial charge in [0, 0.05) is 19.3 Å². The van der Waals surface area contributed by atoms with Gasteiger partial charge in [0.15, 0.2) is 0 Å². The molecule has 1 aromatic rings. The molecule has 1 aromatic heterocycles. The lowest BCUT2D eigenvalue weighted by molar-refractivity contribution is 0.0696. The van der Waals surface area contributed by atoms with Crippen molar-refractivity contribution in [2.75, 3.05) is 26.7 Å². The van der Waals surface area contributed by atoms with Gasteiger partial charge in [0.1, 0.15) is 0 Å². The van der Waals surface area contributed by atoms with Crippen molar-refractivity contribution >= 4 is 5.97 Å². The molecule has 0 spiro atoms. The number of carboxylic acid groups (broad SMARTS) is 1. The van der Waals surface area contributed by atoms with Gasteiger partial charge in [-0.1, -0.05) is 0 Å². The highest BCUT2D eigenvalue weighted by atomic mass is 16.4. The monoisotopic (exact) mass is 263 g/mol. The van der Waals surface area contributed by atoms with Gasteiger partial charge in [-0.3, -0.25) is 4.98 Å². The minimum atomic E-state index is -0.933. The largest absolute Gasteiger partial charge is 0.478 e. The van der Waals surface area contributed by atoms with Gasteiger partial charge in [-0.15, -0.1) is 0 Å². The number of rotatable bonds is 5. The van der Waals surface area contributed by atoms with Crippen molar-refractivity contribution in [1.82, 2.24) is 15.2 Å². The Bertz CT molecular complexity index is 419. The molecule has 104 valence electrons. The lowest BCUT2D eigenvalue weighted by atomic mass is 9.98. The van der Waals surface area contributed by atoms with Crippen LogP contribution in [0.1, 0.15) is 28.9 Å². The van der Waals surface area contributed by atoms with Crippen molar-refractivity contribution in [2.24, 2.45) is 5.92 Å². The van der Waals surface area contributed by atoms with E-state index in [1.807, 2.05) is 0 Å². The zero-order chi connectivity index (χ0) is 13.7. The molecule has 0 saturated carbocycles. The standard InChI is InChI=1S/C14H21N3O2/c1-17-6-2-3-11(10-17)7-15-9-13-5-4-12(8-16-13)14(18)19/h4-5,8,11,15H,2-3,6-7,9-10H2,1H3,(H,18,19). The van der Waals surface area contributed by atoms with Gasteiger partial charge in [-0.25, -0.2) is 4.79 Å². The third kappa shape index (κ3) is 4.29. The second kappa shape index (κ2) is 6.63. The zero-order valence-corrected chi connectivity index (χ0v) is 11.3. The summed E-state index contributed by atoms with van der Waals surface area (Å²) in [6.07, 6.45) is 3.96. The smallest absolute Gasteiger partial charge is 0.337 e. The van der Waals surface area contributed by atoms with Crippen LogP contribution in [0.25, 0.3) is 0 Å². The summed E-state index contributed by atoms with van der Waals surface area (Å²) < 4.78 is 0. The van der Waals surface area contributed by atoms with E-state index < -0.39 is 5.97 Å². The molecule has 1 saturated heterocycles. The first-order valence-electron chi connectivity index (χ1n) is 6.72. The van der Waals surface area contributed by atoms with Crippen LogP contribution in [-0.2, 0) is 6.54 Å². The minimum Gasteiger partial charge on any atom is -0.478 e. The number of aromatic nitrogens is 1. The van der Waals surface area contributed by atoms with Crippen LogP contribution in [0, 0.1) is 5.92 Å². The summed E-state index contributed by atoms with van der Waals surface area (Å²) in [5.74, 6) is -0.228. The maximum Gasteiger partial charge on any atom is 0.337 e. The van der Waals surface area contributed by atoms with Crippen LogP contribution in [0.5, 0.6) is 0 Å². The van der Waals surface area contributed by atoms with E-state index >= 15 is 0 Å². The fourth-order valence-corrected chi connectivity index (χ4v) is 2.50. The van der Waals surface area contributed by atoms with Crippen LogP contribution in [0.4, 0.5) is 0 Å². The third-order valence-electron chi connectivity index (χ3n) is 3.53. The Hall–Kier alpha value is -1.46. The van der Waals surface area contributed by atoms with E-state index in [0.717, 1.165) is 18.8 Å². The molecule has 0 radical (unpaired) electrons. The molecular weight excluding hydrogens is 242 g/mol. The van der Waals surface area contributed by atoms with Crippen LogP contribution < -0.4 is 5.32 Å². The van der Waals surface area contributed by atoms with Gasteiger partial charge in [-0.2, -0.15) is 0 Å². The van der Waals surface area contributed by atoms with E-state index in [-0.39, 0.29) is 5.56 Å². The van der Waals surface area contributed by atoms with Crippen LogP contribution in [0.15, 0.2) is 18.3 Å². The Morgan fingerprint density at radius 3 is 3.05 bits per heavy atom. The minimum absolute atomic E-state index is 0.234. The number of piperidine rings is 1. The van der Waals surface area contributed by atoms with Crippen molar-refractivity contribution in [2.45, 2.75) is 19.4 Å². The van der Waals surface area contributed by atoms with Crippen LogP contribution in [0.2, 0.25) is 0 Å².